The third-order valence-corrected chi connectivity index (χ3v) is 8.06. The van der Waals surface area contributed by atoms with Crippen LogP contribution in [-0.4, -0.2) is 39.9 Å². The number of carbonyl (C=O) groups is 1. The highest BCUT2D eigenvalue weighted by atomic mass is 19.4. The van der Waals surface area contributed by atoms with Crippen LogP contribution in [0.1, 0.15) is 71.6 Å². The number of ether oxygens (including phenoxy) is 2. The van der Waals surface area contributed by atoms with E-state index in [0.29, 0.717) is 28.8 Å². The Morgan fingerprint density at radius 3 is 1.91 bits per heavy atom. The summed E-state index contributed by atoms with van der Waals surface area (Å²) >= 11 is 0. The van der Waals surface area contributed by atoms with Crippen LogP contribution in [0.5, 0.6) is 11.5 Å². The molecule has 0 radical (unpaired) electrons. The largest absolute Gasteiger partial charge is 0.496 e. The van der Waals surface area contributed by atoms with E-state index in [2.05, 4.69) is 9.97 Å². The van der Waals surface area contributed by atoms with Gasteiger partial charge in [0, 0.05) is 25.1 Å². The molecule has 2 N–H and O–H groups in total. The molecule has 1 aromatic heterocycles. The molecule has 3 aromatic carbocycles. The Balaban J connectivity index is 1.90. The molecule has 0 spiro atoms. The first kappa shape index (κ1) is 40.7. The molecule has 8 nitrogen and oxygen atoms in total. The molecule has 0 atom stereocenters. The number of halogens is 9. The molecule has 4 aromatic rings. The molecule has 17 heteroatoms. The average molecular weight is 760 g/mol. The van der Waals surface area contributed by atoms with Crippen molar-refractivity contribution < 1.29 is 64.0 Å². The van der Waals surface area contributed by atoms with Crippen LogP contribution < -0.4 is 14.4 Å². The molecule has 286 valence electrons. The maximum Gasteiger partial charge on any atom is 0.416 e. The van der Waals surface area contributed by atoms with Crippen LogP contribution in [-0.2, 0) is 43.0 Å². The number of aromatic nitrogens is 2. The Labute approximate surface area is 297 Å². The zero-order valence-corrected chi connectivity index (χ0v) is 28.5. The molecule has 53 heavy (non-hydrogen) atoms. The number of carboxylic acid groups (broad SMARTS) is 1. The third-order valence-electron chi connectivity index (χ3n) is 8.06. The summed E-state index contributed by atoms with van der Waals surface area (Å²) in [5, 5.41) is 18.8. The first-order chi connectivity index (χ1) is 24.7. The van der Waals surface area contributed by atoms with Crippen LogP contribution in [0.15, 0.2) is 60.9 Å². The number of hydrogen-bond donors (Lipinski definition) is 2. The molecule has 0 aliphatic rings. The Bertz CT molecular complexity index is 1860. The van der Waals surface area contributed by atoms with Crippen LogP contribution in [0.2, 0.25) is 0 Å². The van der Waals surface area contributed by atoms with Crippen LogP contribution in [0.25, 0.3) is 11.1 Å². The third kappa shape index (κ3) is 10.5. The van der Waals surface area contributed by atoms with Crippen LogP contribution in [0, 0.1) is 0 Å². The van der Waals surface area contributed by atoms with E-state index in [9.17, 15) is 49.4 Å². The van der Waals surface area contributed by atoms with Crippen molar-refractivity contribution in [3.8, 4) is 22.6 Å². The van der Waals surface area contributed by atoms with Gasteiger partial charge in [-0.1, -0.05) is 19.9 Å². The smallest absolute Gasteiger partial charge is 0.416 e. The van der Waals surface area contributed by atoms with Crippen molar-refractivity contribution in [1.82, 2.24) is 9.97 Å². The van der Waals surface area contributed by atoms with Crippen molar-refractivity contribution in [2.75, 3.05) is 18.6 Å². The normalized spacial score (nSPS) is 12.3. The lowest BCUT2D eigenvalue weighted by Gasteiger charge is -2.26. The number of aliphatic carboxylic acids is 1. The monoisotopic (exact) mass is 759 g/mol. The van der Waals surface area contributed by atoms with Crippen molar-refractivity contribution in [2.45, 2.75) is 70.8 Å². The summed E-state index contributed by atoms with van der Waals surface area (Å²) in [6.07, 6.45) is -13.0. The summed E-state index contributed by atoms with van der Waals surface area (Å²) in [4.78, 5) is 20.2. The SMILES string of the molecule is COc1cc(CO)c(C(C)C)cc1-c1ccc(C(F)(F)F)cc1CN(Cc1cc(C(F)(F)F)cc(C(F)(F)F)c1)c1ncc(OCCCC(=O)O)cn1. The first-order valence-corrected chi connectivity index (χ1v) is 15.9. The van der Waals surface area contributed by atoms with E-state index in [0.717, 1.165) is 29.4 Å². The van der Waals surface area contributed by atoms with Gasteiger partial charge in [-0.25, -0.2) is 9.97 Å². The van der Waals surface area contributed by atoms with Gasteiger partial charge in [0.2, 0.25) is 5.95 Å². The minimum absolute atomic E-state index is 0.0413. The van der Waals surface area contributed by atoms with Crippen molar-refractivity contribution >= 4 is 11.9 Å². The summed E-state index contributed by atoms with van der Waals surface area (Å²) in [6.45, 7) is 1.97. The van der Waals surface area contributed by atoms with Crippen LogP contribution >= 0.6 is 0 Å². The number of aliphatic hydroxyl groups excluding tert-OH is 1. The fraction of sp³-hybridized carbons (Fsp3) is 0.361. The maximum absolute atomic E-state index is 14.1. The highest BCUT2D eigenvalue weighted by Crippen LogP contribution is 2.41. The number of nitrogens with zero attached hydrogens (tertiary/aromatic N) is 3. The summed E-state index contributed by atoms with van der Waals surface area (Å²) < 4.78 is 136. The van der Waals surface area contributed by atoms with E-state index in [-0.39, 0.29) is 66.6 Å². The molecule has 0 saturated carbocycles. The number of rotatable bonds is 14. The summed E-state index contributed by atoms with van der Waals surface area (Å²) in [5.74, 6) is -1.28. The van der Waals surface area contributed by atoms with Crippen LogP contribution in [0.3, 0.4) is 0 Å². The van der Waals surface area contributed by atoms with Gasteiger partial charge in [-0.05, 0) is 82.6 Å². The molecule has 0 fully saturated rings. The zero-order valence-electron chi connectivity index (χ0n) is 28.5. The van der Waals surface area contributed by atoms with Crippen molar-refractivity contribution in [1.29, 1.82) is 0 Å². The molecule has 0 unspecified atom stereocenters. The average Bonchev–Trinajstić information content (AvgIpc) is 3.08. The molecular weight excluding hydrogens is 725 g/mol. The van der Waals surface area contributed by atoms with Crippen molar-refractivity contribution in [3.05, 3.63) is 99.9 Å². The zero-order chi connectivity index (χ0) is 39.3. The van der Waals surface area contributed by atoms with Gasteiger partial charge in [0.05, 0.1) is 49.4 Å². The number of hydrogen-bond acceptors (Lipinski definition) is 7. The van der Waals surface area contributed by atoms with E-state index in [1.165, 1.54) is 19.2 Å². The minimum atomic E-state index is -5.17. The van der Waals surface area contributed by atoms with E-state index in [4.69, 9.17) is 14.6 Å². The number of benzene rings is 3. The Hall–Kier alpha value is -5.06. The fourth-order valence-electron chi connectivity index (χ4n) is 5.55. The number of aliphatic hydroxyl groups is 1. The van der Waals surface area contributed by atoms with Crippen molar-refractivity contribution in [2.24, 2.45) is 0 Å². The summed E-state index contributed by atoms with van der Waals surface area (Å²) in [5.41, 5.74) is -3.19. The lowest BCUT2D eigenvalue weighted by molar-refractivity contribution is -0.143. The summed E-state index contributed by atoms with van der Waals surface area (Å²) in [6, 6.07) is 6.95. The highest BCUT2D eigenvalue weighted by molar-refractivity contribution is 5.76. The van der Waals surface area contributed by atoms with E-state index < -0.39 is 59.8 Å². The number of anilines is 1. The van der Waals surface area contributed by atoms with E-state index in [1.54, 1.807) is 6.07 Å². The van der Waals surface area contributed by atoms with Crippen LogP contribution in [0.4, 0.5) is 45.5 Å². The molecule has 4 rings (SSSR count). The van der Waals surface area contributed by atoms with Gasteiger partial charge in [0.1, 0.15) is 5.75 Å². The topological polar surface area (TPSA) is 105 Å². The fourth-order valence-corrected chi connectivity index (χ4v) is 5.55. The molecule has 0 aliphatic carbocycles. The minimum Gasteiger partial charge on any atom is -0.496 e. The Morgan fingerprint density at radius 2 is 1.40 bits per heavy atom. The van der Waals surface area contributed by atoms with Gasteiger partial charge in [0.15, 0.2) is 5.75 Å². The number of methoxy groups -OCH3 is 1. The number of alkyl halides is 9. The standard InChI is InChI=1S/C36H34F9N3O5/c1-20(2)29-14-30(31(52-3)12-23(29)19-49)28-7-6-24(34(37,38)39)11-22(28)18-48(33-46-15-27(16-47-33)53-8-4-5-32(50)51)17-21-9-25(35(40,41)42)13-26(10-21)36(43,44)45/h6-7,9-16,20,49H,4-5,8,17-19H2,1-3H3,(H,50,51). The molecule has 0 aliphatic heterocycles. The molecule has 0 amide bonds. The Morgan fingerprint density at radius 1 is 0.792 bits per heavy atom. The van der Waals surface area contributed by atoms with Gasteiger partial charge in [-0.3, -0.25) is 4.79 Å². The quantitative estimate of drug-likeness (QED) is 0.0969. The highest BCUT2D eigenvalue weighted by Gasteiger charge is 2.37. The van der Waals surface area contributed by atoms with Crippen molar-refractivity contribution in [3.63, 3.8) is 0 Å². The molecule has 0 saturated heterocycles. The molecule has 0 bridgehead atoms. The number of carboxylic acids is 1. The molecule has 1 heterocycles. The predicted molar refractivity (Wildman–Crippen MR) is 174 cm³/mol. The second-order valence-electron chi connectivity index (χ2n) is 12.3. The van der Waals surface area contributed by atoms with E-state index >= 15 is 0 Å². The second kappa shape index (κ2) is 16.3. The first-order valence-electron chi connectivity index (χ1n) is 15.9. The van der Waals surface area contributed by atoms with Gasteiger partial charge < -0.3 is 24.6 Å². The maximum atomic E-state index is 14.1. The van der Waals surface area contributed by atoms with Gasteiger partial charge >= 0.3 is 24.5 Å². The Kier molecular flexibility index (Phi) is 12.5. The van der Waals surface area contributed by atoms with Gasteiger partial charge in [-0.15, -0.1) is 0 Å². The van der Waals surface area contributed by atoms with E-state index in [1.807, 2.05) is 13.8 Å². The van der Waals surface area contributed by atoms with Gasteiger partial charge in [0.25, 0.3) is 0 Å². The molecular formula is C36H34F9N3O5. The second-order valence-corrected chi connectivity index (χ2v) is 12.3. The lowest BCUT2D eigenvalue weighted by Crippen LogP contribution is -2.25. The summed E-state index contributed by atoms with van der Waals surface area (Å²) in [7, 11) is 1.32. The van der Waals surface area contributed by atoms with Gasteiger partial charge in [-0.2, -0.15) is 39.5 Å². The lowest BCUT2D eigenvalue weighted by atomic mass is 9.89. The predicted octanol–water partition coefficient (Wildman–Crippen LogP) is 9.27.